The molecule has 0 aliphatic carbocycles. The van der Waals surface area contributed by atoms with Gasteiger partial charge in [-0.25, -0.2) is 0 Å². The maximum atomic E-state index is 12.4. The first kappa shape index (κ1) is 19.5. The fraction of sp³-hybridized carbons (Fsp3) is 0.350. The molecule has 2 rings (SSSR count). The van der Waals surface area contributed by atoms with Crippen molar-refractivity contribution in [3.05, 3.63) is 58.1 Å². The number of nitrogens with one attached hydrogen (secondary N) is 2. The van der Waals surface area contributed by atoms with E-state index >= 15 is 0 Å². The molecule has 0 aliphatic rings. The first-order valence-corrected chi connectivity index (χ1v) is 9.52. The molecule has 0 aromatic heterocycles. The zero-order chi connectivity index (χ0) is 18.2. The van der Waals surface area contributed by atoms with E-state index in [4.69, 9.17) is 4.74 Å². The molecule has 134 valence electrons. The maximum absolute atomic E-state index is 12.4. The van der Waals surface area contributed by atoms with Gasteiger partial charge in [-0.1, -0.05) is 12.1 Å². The molecule has 0 radical (unpaired) electrons. The van der Waals surface area contributed by atoms with E-state index < -0.39 is 0 Å². The topological polar surface area (TPSA) is 42.8 Å². The third-order valence-electron chi connectivity index (χ3n) is 4.16. The van der Waals surface area contributed by atoms with Gasteiger partial charge in [0.05, 0.1) is 24.2 Å². The van der Waals surface area contributed by atoms with Crippen molar-refractivity contribution in [3.63, 3.8) is 0 Å². The molecular formula is C20H26BrN2O2+. The molecule has 0 saturated heterocycles. The molecule has 2 N–H and O–H groups in total. The number of benzene rings is 2. The summed E-state index contributed by atoms with van der Waals surface area (Å²) in [6.07, 6.45) is 0. The molecule has 0 bridgehead atoms. The van der Waals surface area contributed by atoms with Crippen LogP contribution in [-0.4, -0.2) is 25.6 Å². The third-order valence-corrected chi connectivity index (χ3v) is 4.78. The number of ether oxygens (including phenoxy) is 1. The van der Waals surface area contributed by atoms with Crippen molar-refractivity contribution in [2.75, 3.05) is 25.0 Å². The normalized spacial score (nSPS) is 10.8. The number of quaternary nitrogens is 1. The Morgan fingerprint density at radius 3 is 2.32 bits per heavy atom. The van der Waals surface area contributed by atoms with Crippen LogP contribution < -0.4 is 15.0 Å². The first-order valence-electron chi connectivity index (χ1n) is 8.73. The second kappa shape index (κ2) is 9.59. The summed E-state index contributed by atoms with van der Waals surface area (Å²) in [5, 5.41) is 2.94. The van der Waals surface area contributed by atoms with Gasteiger partial charge in [0.15, 0.2) is 0 Å². The molecule has 0 spiro atoms. The van der Waals surface area contributed by atoms with Crippen LogP contribution in [0.15, 0.2) is 46.9 Å². The van der Waals surface area contributed by atoms with Crippen LogP contribution in [0.5, 0.6) is 5.75 Å². The molecule has 0 unspecified atom stereocenters. The van der Waals surface area contributed by atoms with Crippen LogP contribution in [0.3, 0.4) is 0 Å². The molecular weight excluding hydrogens is 380 g/mol. The molecule has 5 heteroatoms. The minimum Gasteiger partial charge on any atom is -0.493 e. The standard InChI is InChI=1S/C20H25BrN2O2/c1-4-23(5-2)14-15-7-10-17(11-8-15)22-20(24)16-9-12-19(25-6-3)18(21)13-16/h7-13H,4-6,14H2,1-3H3,(H,22,24)/p+1. The van der Waals surface area contributed by atoms with Crippen molar-refractivity contribution in [1.29, 1.82) is 0 Å². The Morgan fingerprint density at radius 2 is 1.76 bits per heavy atom. The number of anilines is 1. The number of hydrogen-bond acceptors (Lipinski definition) is 2. The van der Waals surface area contributed by atoms with Crippen molar-refractivity contribution < 1.29 is 14.4 Å². The Kier molecular flexibility index (Phi) is 7.47. The van der Waals surface area contributed by atoms with Crippen molar-refractivity contribution in [2.24, 2.45) is 0 Å². The minimum absolute atomic E-state index is 0.133. The van der Waals surface area contributed by atoms with Gasteiger partial charge in [-0.2, -0.15) is 0 Å². The predicted octanol–water partition coefficient (Wildman–Crippen LogP) is 3.52. The van der Waals surface area contributed by atoms with Crippen LogP contribution in [0.2, 0.25) is 0 Å². The summed E-state index contributed by atoms with van der Waals surface area (Å²) in [4.78, 5) is 14.0. The molecule has 0 saturated carbocycles. The monoisotopic (exact) mass is 405 g/mol. The largest absolute Gasteiger partial charge is 0.493 e. The Bertz CT molecular complexity index is 697. The van der Waals surface area contributed by atoms with Crippen LogP contribution in [0.4, 0.5) is 5.69 Å². The second-order valence-electron chi connectivity index (χ2n) is 5.86. The molecule has 0 fully saturated rings. The zero-order valence-corrected chi connectivity index (χ0v) is 16.7. The van der Waals surface area contributed by atoms with E-state index in [0.29, 0.717) is 12.2 Å². The molecule has 0 atom stereocenters. The third kappa shape index (κ3) is 5.58. The predicted molar refractivity (Wildman–Crippen MR) is 105 cm³/mol. The number of carbonyl (C=O) groups is 1. The summed E-state index contributed by atoms with van der Waals surface area (Å²) in [6, 6.07) is 13.4. The van der Waals surface area contributed by atoms with Gasteiger partial charge < -0.3 is 15.0 Å². The van der Waals surface area contributed by atoms with E-state index in [0.717, 1.165) is 35.5 Å². The maximum Gasteiger partial charge on any atom is 0.255 e. The second-order valence-corrected chi connectivity index (χ2v) is 6.72. The van der Waals surface area contributed by atoms with Gasteiger partial charge in [-0.15, -0.1) is 0 Å². The Labute approximate surface area is 158 Å². The Morgan fingerprint density at radius 1 is 1.08 bits per heavy atom. The van der Waals surface area contributed by atoms with Crippen molar-refractivity contribution in [1.82, 2.24) is 0 Å². The highest BCUT2D eigenvalue weighted by atomic mass is 79.9. The Hall–Kier alpha value is -1.85. The quantitative estimate of drug-likeness (QED) is 0.705. The van der Waals surface area contributed by atoms with Gasteiger partial charge in [-0.3, -0.25) is 4.79 Å². The van der Waals surface area contributed by atoms with E-state index in [1.165, 1.54) is 10.5 Å². The lowest BCUT2D eigenvalue weighted by Crippen LogP contribution is -3.10. The van der Waals surface area contributed by atoms with Gasteiger partial charge in [-0.05, 0) is 67.0 Å². The van der Waals surface area contributed by atoms with Crippen LogP contribution in [-0.2, 0) is 6.54 Å². The summed E-state index contributed by atoms with van der Waals surface area (Å²) in [5.41, 5.74) is 2.67. The van der Waals surface area contributed by atoms with Crippen molar-refractivity contribution in [3.8, 4) is 5.75 Å². The van der Waals surface area contributed by atoms with E-state index in [1.54, 1.807) is 18.2 Å². The summed E-state index contributed by atoms with van der Waals surface area (Å²) in [7, 11) is 0. The first-order chi connectivity index (χ1) is 12.1. The van der Waals surface area contributed by atoms with E-state index in [9.17, 15) is 4.79 Å². The highest BCUT2D eigenvalue weighted by Gasteiger charge is 2.10. The smallest absolute Gasteiger partial charge is 0.255 e. The number of amides is 1. The van der Waals surface area contributed by atoms with Crippen molar-refractivity contribution in [2.45, 2.75) is 27.3 Å². The van der Waals surface area contributed by atoms with E-state index in [1.807, 2.05) is 19.1 Å². The minimum atomic E-state index is -0.133. The zero-order valence-electron chi connectivity index (χ0n) is 15.1. The SMILES string of the molecule is CCOc1ccc(C(=O)Nc2ccc(C[NH+](CC)CC)cc2)cc1Br. The van der Waals surface area contributed by atoms with Gasteiger partial charge in [0.25, 0.3) is 5.91 Å². The molecule has 4 nitrogen and oxygen atoms in total. The average Bonchev–Trinajstić information content (AvgIpc) is 2.62. The summed E-state index contributed by atoms with van der Waals surface area (Å²) in [6.45, 7) is 10.1. The lowest BCUT2D eigenvalue weighted by molar-refractivity contribution is -0.910. The number of halogens is 1. The molecule has 0 aliphatic heterocycles. The van der Waals surface area contributed by atoms with E-state index in [-0.39, 0.29) is 5.91 Å². The summed E-state index contributed by atoms with van der Waals surface area (Å²) >= 11 is 3.44. The molecule has 0 heterocycles. The highest BCUT2D eigenvalue weighted by molar-refractivity contribution is 9.10. The van der Waals surface area contributed by atoms with Crippen LogP contribution in [0.25, 0.3) is 0 Å². The van der Waals surface area contributed by atoms with Gasteiger partial charge in [0.1, 0.15) is 12.3 Å². The lowest BCUT2D eigenvalue weighted by atomic mass is 10.1. The average molecular weight is 406 g/mol. The van der Waals surface area contributed by atoms with Crippen LogP contribution >= 0.6 is 15.9 Å². The highest BCUT2D eigenvalue weighted by Crippen LogP contribution is 2.26. The van der Waals surface area contributed by atoms with Gasteiger partial charge in [0.2, 0.25) is 0 Å². The van der Waals surface area contributed by atoms with E-state index in [2.05, 4.69) is 47.2 Å². The Balaban J connectivity index is 2.01. The summed E-state index contributed by atoms with van der Waals surface area (Å²) in [5.74, 6) is 0.605. The molecule has 2 aromatic rings. The van der Waals surface area contributed by atoms with Gasteiger partial charge >= 0.3 is 0 Å². The van der Waals surface area contributed by atoms with Crippen LogP contribution in [0, 0.1) is 0 Å². The number of rotatable bonds is 8. The lowest BCUT2D eigenvalue weighted by Gasteiger charge is -2.15. The van der Waals surface area contributed by atoms with Crippen molar-refractivity contribution >= 4 is 27.5 Å². The number of hydrogen-bond donors (Lipinski definition) is 2. The summed E-state index contributed by atoms with van der Waals surface area (Å²) < 4.78 is 6.25. The molecule has 2 aromatic carbocycles. The van der Waals surface area contributed by atoms with Gasteiger partial charge in [0, 0.05) is 16.8 Å². The fourth-order valence-electron chi connectivity index (χ4n) is 2.61. The molecule has 25 heavy (non-hydrogen) atoms. The molecule has 1 amide bonds. The van der Waals surface area contributed by atoms with Crippen LogP contribution in [0.1, 0.15) is 36.7 Å². The number of carbonyl (C=O) groups excluding carboxylic acids is 1. The fourth-order valence-corrected chi connectivity index (χ4v) is 3.11.